The summed E-state index contributed by atoms with van der Waals surface area (Å²) in [5.41, 5.74) is 2.84. The average molecular weight is 344 g/mol. The monoisotopic (exact) mass is 344 g/mol. The first-order valence-electron chi connectivity index (χ1n) is 6.45. The van der Waals surface area contributed by atoms with Gasteiger partial charge in [-0.05, 0) is 66.6 Å². The molecule has 1 heterocycles. The highest BCUT2D eigenvalue weighted by Gasteiger charge is 2.23. The third-order valence-electron chi connectivity index (χ3n) is 3.45. The highest BCUT2D eigenvalue weighted by molar-refractivity contribution is 14.1. The lowest BCUT2D eigenvalue weighted by atomic mass is 10.2. The Balaban J connectivity index is 2.02. The van der Waals surface area contributed by atoms with E-state index in [0.717, 1.165) is 13.1 Å². The number of hydrogen-bond acceptors (Lipinski definition) is 2. The summed E-state index contributed by atoms with van der Waals surface area (Å²) >= 11 is 2.42. The molecule has 0 amide bonds. The Labute approximate surface area is 118 Å². The smallest absolute Gasteiger partial charge is 0.0407 e. The lowest BCUT2D eigenvalue weighted by Gasteiger charge is -2.21. The number of anilines is 1. The molecule has 0 aromatic heterocycles. The van der Waals surface area contributed by atoms with Gasteiger partial charge in [0.15, 0.2) is 0 Å². The molecule has 1 aromatic carbocycles. The first-order chi connectivity index (χ1) is 8.22. The maximum atomic E-state index is 3.62. The fourth-order valence-corrected chi connectivity index (χ4v) is 2.92. The van der Waals surface area contributed by atoms with Gasteiger partial charge in [-0.3, -0.25) is 0 Å². The molecule has 3 heteroatoms. The fraction of sp³-hybridized carbons (Fsp3) is 0.571. The zero-order valence-corrected chi connectivity index (χ0v) is 12.8. The maximum absolute atomic E-state index is 3.62. The largest absolute Gasteiger partial charge is 0.370 e. The molecule has 1 unspecified atom stereocenters. The number of nitrogens with one attached hydrogen (secondary N) is 1. The van der Waals surface area contributed by atoms with Gasteiger partial charge in [0.25, 0.3) is 0 Å². The SMILES string of the molecule is CCCNC1CCN(c2cccc(I)c2C)C1. The lowest BCUT2D eigenvalue weighted by molar-refractivity contribution is 0.549. The normalized spacial score (nSPS) is 19.9. The highest BCUT2D eigenvalue weighted by Crippen LogP contribution is 2.27. The van der Waals surface area contributed by atoms with Crippen LogP contribution in [0.15, 0.2) is 18.2 Å². The van der Waals surface area contributed by atoms with Gasteiger partial charge in [0.1, 0.15) is 0 Å². The van der Waals surface area contributed by atoms with E-state index in [-0.39, 0.29) is 0 Å². The Morgan fingerprint density at radius 3 is 3.06 bits per heavy atom. The van der Waals surface area contributed by atoms with E-state index in [1.165, 1.54) is 34.2 Å². The van der Waals surface area contributed by atoms with Crippen molar-refractivity contribution < 1.29 is 0 Å². The van der Waals surface area contributed by atoms with Crippen molar-refractivity contribution in [2.75, 3.05) is 24.5 Å². The number of hydrogen-bond donors (Lipinski definition) is 1. The van der Waals surface area contributed by atoms with Gasteiger partial charge in [-0.1, -0.05) is 13.0 Å². The summed E-state index contributed by atoms with van der Waals surface area (Å²) in [5, 5.41) is 3.62. The molecule has 0 radical (unpaired) electrons. The molecule has 1 fully saturated rings. The van der Waals surface area contributed by atoms with Crippen molar-refractivity contribution in [3.8, 4) is 0 Å². The minimum Gasteiger partial charge on any atom is -0.370 e. The van der Waals surface area contributed by atoms with Gasteiger partial charge in [0.2, 0.25) is 0 Å². The summed E-state index contributed by atoms with van der Waals surface area (Å²) in [6.45, 7) is 7.93. The summed E-state index contributed by atoms with van der Waals surface area (Å²) in [7, 11) is 0. The Morgan fingerprint density at radius 1 is 1.47 bits per heavy atom. The van der Waals surface area contributed by atoms with E-state index >= 15 is 0 Å². The van der Waals surface area contributed by atoms with Crippen molar-refractivity contribution in [1.82, 2.24) is 5.32 Å². The average Bonchev–Trinajstić information content (AvgIpc) is 2.78. The Kier molecular flexibility index (Phi) is 4.68. The fourth-order valence-electron chi connectivity index (χ4n) is 2.43. The van der Waals surface area contributed by atoms with E-state index < -0.39 is 0 Å². The van der Waals surface area contributed by atoms with Gasteiger partial charge in [0.05, 0.1) is 0 Å². The van der Waals surface area contributed by atoms with Crippen LogP contribution < -0.4 is 10.2 Å². The first-order valence-corrected chi connectivity index (χ1v) is 7.53. The molecule has 94 valence electrons. The molecule has 0 aliphatic carbocycles. The molecule has 1 aromatic rings. The molecule has 1 N–H and O–H groups in total. The third kappa shape index (κ3) is 3.13. The van der Waals surface area contributed by atoms with Gasteiger partial charge >= 0.3 is 0 Å². The molecule has 0 saturated carbocycles. The van der Waals surface area contributed by atoms with Gasteiger partial charge < -0.3 is 10.2 Å². The van der Waals surface area contributed by atoms with Crippen LogP contribution in [0.25, 0.3) is 0 Å². The van der Waals surface area contributed by atoms with Crippen molar-refractivity contribution in [2.24, 2.45) is 0 Å². The highest BCUT2D eigenvalue weighted by atomic mass is 127. The molecule has 2 nitrogen and oxygen atoms in total. The first kappa shape index (κ1) is 13.1. The summed E-state index contributed by atoms with van der Waals surface area (Å²) in [4.78, 5) is 2.52. The van der Waals surface area contributed by atoms with Crippen LogP contribution in [-0.4, -0.2) is 25.7 Å². The van der Waals surface area contributed by atoms with Gasteiger partial charge in [0, 0.05) is 28.4 Å². The van der Waals surface area contributed by atoms with Crippen molar-refractivity contribution >= 4 is 28.3 Å². The molecule has 0 spiro atoms. The van der Waals surface area contributed by atoms with E-state index in [0.29, 0.717) is 6.04 Å². The van der Waals surface area contributed by atoms with E-state index in [1.807, 2.05) is 0 Å². The van der Waals surface area contributed by atoms with Crippen LogP contribution in [-0.2, 0) is 0 Å². The number of rotatable bonds is 4. The minimum absolute atomic E-state index is 0.673. The Hall–Kier alpha value is -0.290. The quantitative estimate of drug-likeness (QED) is 0.844. The zero-order valence-electron chi connectivity index (χ0n) is 10.7. The second-order valence-corrected chi connectivity index (χ2v) is 5.93. The predicted octanol–water partition coefficient (Wildman–Crippen LogP) is 3.18. The second-order valence-electron chi connectivity index (χ2n) is 4.77. The molecule has 1 atom stereocenters. The number of nitrogens with zero attached hydrogens (tertiary/aromatic N) is 1. The van der Waals surface area contributed by atoms with Gasteiger partial charge in [-0.15, -0.1) is 0 Å². The standard InChI is InChI=1S/C14H21IN2/c1-3-8-16-12-7-9-17(10-12)14-6-4-5-13(15)11(14)2/h4-6,12,16H,3,7-10H2,1-2H3. The van der Waals surface area contributed by atoms with Crippen LogP contribution in [0.3, 0.4) is 0 Å². The molecule has 0 bridgehead atoms. The van der Waals surface area contributed by atoms with Crippen molar-refractivity contribution in [3.05, 3.63) is 27.3 Å². The topological polar surface area (TPSA) is 15.3 Å². The van der Waals surface area contributed by atoms with Gasteiger partial charge in [-0.25, -0.2) is 0 Å². The van der Waals surface area contributed by atoms with Crippen LogP contribution in [0, 0.1) is 10.5 Å². The lowest BCUT2D eigenvalue weighted by Crippen LogP contribution is -2.33. The van der Waals surface area contributed by atoms with E-state index in [1.54, 1.807) is 0 Å². The van der Waals surface area contributed by atoms with Crippen LogP contribution in [0.4, 0.5) is 5.69 Å². The maximum Gasteiger partial charge on any atom is 0.0407 e. The molecule has 1 aliphatic rings. The molecule has 1 aliphatic heterocycles. The molecular weight excluding hydrogens is 323 g/mol. The molecule has 2 rings (SSSR count). The Morgan fingerprint density at radius 2 is 2.29 bits per heavy atom. The summed E-state index contributed by atoms with van der Waals surface area (Å²) in [5.74, 6) is 0. The minimum atomic E-state index is 0.673. The van der Waals surface area contributed by atoms with Crippen LogP contribution in [0.5, 0.6) is 0 Å². The van der Waals surface area contributed by atoms with Crippen molar-refractivity contribution in [2.45, 2.75) is 32.7 Å². The van der Waals surface area contributed by atoms with E-state index in [9.17, 15) is 0 Å². The summed E-state index contributed by atoms with van der Waals surface area (Å²) < 4.78 is 1.37. The number of benzene rings is 1. The Bertz CT molecular complexity index is 378. The van der Waals surface area contributed by atoms with Crippen LogP contribution in [0.1, 0.15) is 25.3 Å². The van der Waals surface area contributed by atoms with Crippen molar-refractivity contribution in [3.63, 3.8) is 0 Å². The summed E-state index contributed by atoms with van der Waals surface area (Å²) in [6, 6.07) is 7.27. The zero-order chi connectivity index (χ0) is 12.3. The molecule has 17 heavy (non-hydrogen) atoms. The second kappa shape index (κ2) is 6.05. The predicted molar refractivity (Wildman–Crippen MR) is 82.8 cm³/mol. The molecule has 1 saturated heterocycles. The van der Waals surface area contributed by atoms with Crippen LogP contribution >= 0.6 is 22.6 Å². The number of halogens is 1. The molecular formula is C14H21IN2. The van der Waals surface area contributed by atoms with E-state index in [2.05, 4.69) is 64.9 Å². The van der Waals surface area contributed by atoms with Crippen LogP contribution in [0.2, 0.25) is 0 Å². The third-order valence-corrected chi connectivity index (χ3v) is 4.62. The van der Waals surface area contributed by atoms with Crippen molar-refractivity contribution in [1.29, 1.82) is 0 Å². The summed E-state index contributed by atoms with van der Waals surface area (Å²) in [6.07, 6.45) is 2.49. The van der Waals surface area contributed by atoms with Gasteiger partial charge in [-0.2, -0.15) is 0 Å². The van der Waals surface area contributed by atoms with E-state index in [4.69, 9.17) is 0 Å².